The third-order valence-corrected chi connectivity index (χ3v) is 5.66. The van der Waals surface area contributed by atoms with Crippen LogP contribution in [0.5, 0.6) is 5.75 Å². The van der Waals surface area contributed by atoms with Crippen LogP contribution in [-0.4, -0.2) is 41.9 Å². The standard InChI is InChI=1S/C25H26N4O3/c1-32-22-10-4-9-21(14-22)28-25(31)24(30)27-16-23(19-8-5-12-26-15-19)29-13-11-18-6-2-3-7-20(18)17-29/h2-10,12,14-15,23H,11,13,16-17H2,1H3,(H,27,30)(H,28,31)/t23-/m1/s1. The van der Waals surface area contributed by atoms with Gasteiger partial charge in [0.2, 0.25) is 0 Å². The minimum Gasteiger partial charge on any atom is -0.497 e. The lowest BCUT2D eigenvalue weighted by Crippen LogP contribution is -2.43. The Morgan fingerprint density at radius 2 is 1.91 bits per heavy atom. The second-order valence-electron chi connectivity index (χ2n) is 7.69. The number of anilines is 1. The number of ether oxygens (including phenoxy) is 1. The van der Waals surface area contributed by atoms with Crippen molar-refractivity contribution in [3.63, 3.8) is 0 Å². The highest BCUT2D eigenvalue weighted by Gasteiger charge is 2.26. The van der Waals surface area contributed by atoms with E-state index in [4.69, 9.17) is 4.74 Å². The lowest BCUT2D eigenvalue weighted by atomic mass is 9.97. The summed E-state index contributed by atoms with van der Waals surface area (Å²) in [6, 6.07) is 19.1. The molecule has 2 amide bonds. The average molecular weight is 431 g/mol. The first-order chi connectivity index (χ1) is 15.6. The van der Waals surface area contributed by atoms with E-state index in [9.17, 15) is 9.59 Å². The van der Waals surface area contributed by atoms with Gasteiger partial charge in [-0.15, -0.1) is 0 Å². The Labute approximate surface area is 187 Å². The van der Waals surface area contributed by atoms with Gasteiger partial charge in [0.25, 0.3) is 0 Å². The van der Waals surface area contributed by atoms with Crippen LogP contribution in [0, 0.1) is 0 Å². The third-order valence-electron chi connectivity index (χ3n) is 5.66. The lowest BCUT2D eigenvalue weighted by Gasteiger charge is -2.35. The SMILES string of the molecule is COc1cccc(NC(=O)C(=O)NC[C@H](c2cccnc2)N2CCc3ccccc3C2)c1. The van der Waals surface area contributed by atoms with E-state index in [-0.39, 0.29) is 6.04 Å². The van der Waals surface area contributed by atoms with Gasteiger partial charge >= 0.3 is 11.8 Å². The second-order valence-corrected chi connectivity index (χ2v) is 7.69. The summed E-state index contributed by atoms with van der Waals surface area (Å²) in [6.07, 6.45) is 4.48. The summed E-state index contributed by atoms with van der Waals surface area (Å²) in [4.78, 5) is 31.5. The molecule has 0 aliphatic carbocycles. The maximum atomic E-state index is 12.5. The number of pyridine rings is 1. The summed E-state index contributed by atoms with van der Waals surface area (Å²) in [5.41, 5.74) is 4.14. The lowest BCUT2D eigenvalue weighted by molar-refractivity contribution is -0.136. The summed E-state index contributed by atoms with van der Waals surface area (Å²) in [5.74, 6) is -0.795. The number of amides is 2. The first-order valence-electron chi connectivity index (χ1n) is 10.6. The molecule has 0 saturated heterocycles. The Kier molecular flexibility index (Phi) is 6.77. The molecule has 2 aromatic carbocycles. The van der Waals surface area contributed by atoms with E-state index < -0.39 is 11.8 Å². The quantitative estimate of drug-likeness (QED) is 0.588. The van der Waals surface area contributed by atoms with Crippen LogP contribution in [-0.2, 0) is 22.6 Å². The van der Waals surface area contributed by atoms with Gasteiger partial charge in [-0.2, -0.15) is 0 Å². The van der Waals surface area contributed by atoms with Gasteiger partial charge in [0.05, 0.1) is 13.2 Å². The molecule has 1 atom stereocenters. The average Bonchev–Trinajstić information content (AvgIpc) is 2.84. The maximum Gasteiger partial charge on any atom is 0.313 e. The molecule has 7 heteroatoms. The fourth-order valence-corrected chi connectivity index (χ4v) is 3.97. The van der Waals surface area contributed by atoms with Crippen molar-refractivity contribution in [1.29, 1.82) is 0 Å². The highest BCUT2D eigenvalue weighted by Crippen LogP contribution is 2.27. The molecule has 4 rings (SSSR count). The Bertz CT molecular complexity index is 1090. The number of rotatable bonds is 6. The maximum absolute atomic E-state index is 12.5. The van der Waals surface area contributed by atoms with Crippen molar-refractivity contribution in [1.82, 2.24) is 15.2 Å². The third kappa shape index (κ3) is 5.12. The highest BCUT2D eigenvalue weighted by molar-refractivity contribution is 6.39. The van der Waals surface area contributed by atoms with E-state index >= 15 is 0 Å². The normalized spacial score (nSPS) is 14.2. The number of carbonyl (C=O) groups is 2. The van der Waals surface area contributed by atoms with Crippen molar-refractivity contribution in [2.45, 2.75) is 19.0 Å². The Morgan fingerprint density at radius 3 is 2.69 bits per heavy atom. The van der Waals surface area contributed by atoms with Crippen molar-refractivity contribution < 1.29 is 14.3 Å². The number of nitrogens with one attached hydrogen (secondary N) is 2. The molecule has 7 nitrogen and oxygen atoms in total. The van der Waals surface area contributed by atoms with Crippen LogP contribution in [0.15, 0.2) is 73.1 Å². The van der Waals surface area contributed by atoms with E-state index in [1.54, 1.807) is 37.6 Å². The predicted octanol–water partition coefficient (Wildman–Crippen LogP) is 2.94. The Morgan fingerprint density at radius 1 is 1.06 bits per heavy atom. The molecule has 0 radical (unpaired) electrons. The van der Waals surface area contributed by atoms with Crippen LogP contribution in [0.2, 0.25) is 0 Å². The van der Waals surface area contributed by atoms with Crippen LogP contribution >= 0.6 is 0 Å². The molecule has 1 aliphatic heterocycles. The van der Waals surface area contributed by atoms with Crippen molar-refractivity contribution in [3.05, 3.63) is 89.7 Å². The van der Waals surface area contributed by atoms with Gasteiger partial charge < -0.3 is 15.4 Å². The zero-order valence-electron chi connectivity index (χ0n) is 18.0. The molecular weight excluding hydrogens is 404 g/mol. The summed E-state index contributed by atoms with van der Waals surface area (Å²) in [6.45, 7) is 1.95. The minimum absolute atomic E-state index is 0.0920. The van der Waals surface area contributed by atoms with Gasteiger partial charge in [-0.05, 0) is 41.3 Å². The summed E-state index contributed by atoms with van der Waals surface area (Å²) < 4.78 is 5.15. The first-order valence-corrected chi connectivity index (χ1v) is 10.6. The van der Waals surface area contributed by atoms with Gasteiger partial charge in [-0.1, -0.05) is 36.4 Å². The van der Waals surface area contributed by atoms with E-state index in [0.717, 1.165) is 25.1 Å². The Hall–Kier alpha value is -3.71. The van der Waals surface area contributed by atoms with Crippen molar-refractivity contribution in [2.75, 3.05) is 25.5 Å². The zero-order chi connectivity index (χ0) is 22.3. The molecule has 0 spiro atoms. The molecular formula is C25H26N4O3. The number of methoxy groups -OCH3 is 1. The number of carbonyl (C=O) groups excluding carboxylic acids is 2. The van der Waals surface area contributed by atoms with Crippen molar-refractivity contribution >= 4 is 17.5 Å². The van der Waals surface area contributed by atoms with Crippen molar-refractivity contribution in [3.8, 4) is 5.75 Å². The second kappa shape index (κ2) is 10.1. The molecule has 1 aliphatic rings. The van der Waals surface area contributed by atoms with Crippen LogP contribution < -0.4 is 15.4 Å². The fourth-order valence-electron chi connectivity index (χ4n) is 3.97. The van der Waals surface area contributed by atoms with Gasteiger partial charge in [-0.3, -0.25) is 19.5 Å². The number of nitrogens with zero attached hydrogens (tertiary/aromatic N) is 2. The van der Waals surface area contributed by atoms with Crippen molar-refractivity contribution in [2.24, 2.45) is 0 Å². The van der Waals surface area contributed by atoms with E-state index in [0.29, 0.717) is 18.0 Å². The van der Waals surface area contributed by atoms with Crippen LogP contribution in [0.3, 0.4) is 0 Å². The summed E-state index contributed by atoms with van der Waals surface area (Å²) >= 11 is 0. The smallest absolute Gasteiger partial charge is 0.313 e. The number of benzene rings is 2. The molecule has 0 fully saturated rings. The number of fused-ring (bicyclic) bond motifs is 1. The molecule has 0 unspecified atom stereocenters. The van der Waals surface area contributed by atoms with Crippen LogP contribution in [0.4, 0.5) is 5.69 Å². The van der Waals surface area contributed by atoms with E-state index in [2.05, 4.69) is 38.7 Å². The summed E-state index contributed by atoms with van der Waals surface area (Å²) in [7, 11) is 1.55. The largest absolute Gasteiger partial charge is 0.497 e. The number of hydrogen-bond donors (Lipinski definition) is 2. The van der Waals surface area contributed by atoms with Gasteiger partial charge in [0.1, 0.15) is 5.75 Å². The van der Waals surface area contributed by atoms with Crippen LogP contribution in [0.25, 0.3) is 0 Å². The van der Waals surface area contributed by atoms with Gasteiger partial charge in [0.15, 0.2) is 0 Å². The predicted molar refractivity (Wildman–Crippen MR) is 122 cm³/mol. The minimum atomic E-state index is -0.716. The first kappa shape index (κ1) is 21.5. The van der Waals surface area contributed by atoms with E-state index in [1.807, 2.05) is 24.4 Å². The molecule has 0 bridgehead atoms. The molecule has 164 valence electrons. The molecule has 0 saturated carbocycles. The highest BCUT2D eigenvalue weighted by atomic mass is 16.5. The van der Waals surface area contributed by atoms with Gasteiger partial charge in [0, 0.05) is 43.8 Å². The number of hydrogen-bond acceptors (Lipinski definition) is 5. The van der Waals surface area contributed by atoms with E-state index in [1.165, 1.54) is 11.1 Å². The number of aromatic nitrogens is 1. The zero-order valence-corrected chi connectivity index (χ0v) is 18.0. The van der Waals surface area contributed by atoms with Gasteiger partial charge in [-0.25, -0.2) is 0 Å². The van der Waals surface area contributed by atoms with Crippen LogP contribution in [0.1, 0.15) is 22.7 Å². The summed E-state index contributed by atoms with van der Waals surface area (Å²) in [5, 5.41) is 5.41. The fraction of sp³-hybridized carbons (Fsp3) is 0.240. The molecule has 3 aromatic rings. The topological polar surface area (TPSA) is 83.6 Å². The molecule has 32 heavy (non-hydrogen) atoms. The molecule has 2 heterocycles. The molecule has 2 N–H and O–H groups in total. The molecule has 1 aromatic heterocycles. The monoisotopic (exact) mass is 430 g/mol. The Balaban J connectivity index is 1.43.